The van der Waals surface area contributed by atoms with Crippen LogP contribution in [0.5, 0.6) is 5.75 Å². The number of ether oxygens (including phenoxy) is 1. The van der Waals surface area contributed by atoms with Gasteiger partial charge in [0.05, 0.1) is 12.3 Å². The van der Waals surface area contributed by atoms with Gasteiger partial charge in [-0.15, -0.1) is 11.3 Å². The zero-order chi connectivity index (χ0) is 16.2. The second-order valence-electron chi connectivity index (χ2n) is 5.37. The van der Waals surface area contributed by atoms with Gasteiger partial charge in [-0.05, 0) is 37.1 Å². The Bertz CT molecular complexity index is 850. The number of aryl methyl sites for hydroxylation is 2. The largest absolute Gasteiger partial charge is 0.493 e. The van der Waals surface area contributed by atoms with E-state index in [0.29, 0.717) is 6.61 Å². The number of aromatic nitrogens is 2. The number of thioether (sulfide) groups is 1. The van der Waals surface area contributed by atoms with E-state index < -0.39 is 0 Å². The Kier molecular flexibility index (Phi) is 5.03. The lowest BCUT2D eigenvalue weighted by molar-refractivity contribution is 0.343. The number of rotatable bonds is 6. The van der Waals surface area contributed by atoms with Crippen LogP contribution in [-0.2, 0) is 5.75 Å². The van der Waals surface area contributed by atoms with E-state index in [1.807, 2.05) is 17.5 Å². The van der Waals surface area contributed by atoms with Gasteiger partial charge in [-0.25, -0.2) is 4.98 Å². The summed E-state index contributed by atoms with van der Waals surface area (Å²) >= 11 is 3.20. The molecular weight excluding hydrogens is 328 g/mol. The highest BCUT2D eigenvalue weighted by atomic mass is 32.2. The molecule has 4 nitrogen and oxygen atoms in total. The van der Waals surface area contributed by atoms with Crippen molar-refractivity contribution in [2.75, 3.05) is 12.4 Å². The molecule has 0 unspecified atom stereocenters. The number of hydrogen-bond acceptors (Lipinski definition) is 5. The lowest BCUT2D eigenvalue weighted by atomic mass is 10.1. The summed E-state index contributed by atoms with van der Waals surface area (Å²) in [6, 6.07) is 7.83. The topological polar surface area (TPSA) is 43.6 Å². The van der Waals surface area contributed by atoms with Gasteiger partial charge in [0.25, 0.3) is 5.56 Å². The number of thiazole rings is 1. The van der Waals surface area contributed by atoms with Crippen molar-refractivity contribution in [1.82, 2.24) is 9.38 Å². The molecule has 3 rings (SSSR count). The highest BCUT2D eigenvalue weighted by Crippen LogP contribution is 2.17. The SMILES string of the molecule is Cc1cc(C)cc(OCCSCc2cc(=O)n3ccsc3n2)c1. The van der Waals surface area contributed by atoms with Gasteiger partial charge in [-0.1, -0.05) is 6.07 Å². The van der Waals surface area contributed by atoms with Crippen LogP contribution in [0.3, 0.4) is 0 Å². The van der Waals surface area contributed by atoms with Gasteiger partial charge in [0.1, 0.15) is 5.75 Å². The van der Waals surface area contributed by atoms with E-state index in [2.05, 4.69) is 24.9 Å². The molecule has 2 aromatic heterocycles. The molecule has 0 N–H and O–H groups in total. The van der Waals surface area contributed by atoms with Crippen LogP contribution < -0.4 is 10.3 Å². The van der Waals surface area contributed by atoms with Crippen LogP contribution in [0.1, 0.15) is 16.8 Å². The summed E-state index contributed by atoms with van der Waals surface area (Å²) in [7, 11) is 0. The fourth-order valence-corrected chi connectivity index (χ4v) is 3.81. The van der Waals surface area contributed by atoms with E-state index in [0.717, 1.165) is 27.9 Å². The summed E-state index contributed by atoms with van der Waals surface area (Å²) in [5.41, 5.74) is 3.23. The monoisotopic (exact) mass is 346 g/mol. The van der Waals surface area contributed by atoms with Crippen molar-refractivity contribution in [1.29, 1.82) is 0 Å². The number of benzene rings is 1. The highest BCUT2D eigenvalue weighted by Gasteiger charge is 2.04. The molecular formula is C17H18N2O2S2. The second-order valence-corrected chi connectivity index (χ2v) is 7.34. The predicted octanol–water partition coefficient (Wildman–Crippen LogP) is 3.69. The van der Waals surface area contributed by atoms with Crippen molar-refractivity contribution in [3.63, 3.8) is 0 Å². The third-order valence-corrected chi connectivity index (χ3v) is 5.01. The quantitative estimate of drug-likeness (QED) is 0.639. The lowest BCUT2D eigenvalue weighted by Crippen LogP contribution is -2.12. The minimum absolute atomic E-state index is 0.0154. The summed E-state index contributed by atoms with van der Waals surface area (Å²) in [6.07, 6.45) is 1.75. The first kappa shape index (κ1) is 16.1. The van der Waals surface area contributed by atoms with E-state index in [9.17, 15) is 4.79 Å². The Hall–Kier alpha value is -1.79. The summed E-state index contributed by atoms with van der Waals surface area (Å²) in [6.45, 7) is 4.78. The second kappa shape index (κ2) is 7.19. The summed E-state index contributed by atoms with van der Waals surface area (Å²) in [5.74, 6) is 2.50. The molecule has 0 aliphatic carbocycles. The third-order valence-electron chi connectivity index (χ3n) is 3.30. The molecule has 0 saturated heterocycles. The normalized spacial score (nSPS) is 11.0. The van der Waals surface area contributed by atoms with Crippen molar-refractivity contribution in [2.24, 2.45) is 0 Å². The standard InChI is InChI=1S/C17H18N2O2S2/c1-12-7-13(2)9-15(8-12)21-4-6-22-11-14-10-16(20)19-3-5-23-17(19)18-14/h3,5,7-10H,4,6,11H2,1-2H3. The maximum Gasteiger partial charge on any atom is 0.258 e. The van der Waals surface area contributed by atoms with E-state index in [-0.39, 0.29) is 5.56 Å². The van der Waals surface area contributed by atoms with Crippen molar-refractivity contribution < 1.29 is 4.74 Å². The van der Waals surface area contributed by atoms with Crippen LogP contribution in [0.2, 0.25) is 0 Å². The van der Waals surface area contributed by atoms with Crippen LogP contribution in [0.15, 0.2) is 40.6 Å². The van der Waals surface area contributed by atoms with Crippen LogP contribution in [0, 0.1) is 13.8 Å². The van der Waals surface area contributed by atoms with Gasteiger partial charge < -0.3 is 4.74 Å². The first-order chi connectivity index (χ1) is 11.1. The van der Waals surface area contributed by atoms with Crippen LogP contribution in [0.25, 0.3) is 4.96 Å². The maximum atomic E-state index is 11.9. The van der Waals surface area contributed by atoms with Crippen molar-refractivity contribution in [3.8, 4) is 5.75 Å². The molecule has 2 heterocycles. The first-order valence-electron chi connectivity index (χ1n) is 7.36. The molecule has 0 saturated carbocycles. The fraction of sp³-hybridized carbons (Fsp3) is 0.294. The molecule has 0 radical (unpaired) electrons. The van der Waals surface area contributed by atoms with Crippen LogP contribution in [-0.4, -0.2) is 21.7 Å². The molecule has 0 spiro atoms. The number of hydrogen-bond donors (Lipinski definition) is 0. The summed E-state index contributed by atoms with van der Waals surface area (Å²) < 4.78 is 7.35. The molecule has 0 amide bonds. The Morgan fingerprint density at radius 1 is 1.22 bits per heavy atom. The first-order valence-corrected chi connectivity index (χ1v) is 9.40. The molecule has 3 aromatic rings. The van der Waals surface area contributed by atoms with Gasteiger partial charge in [0.15, 0.2) is 4.96 Å². The zero-order valence-corrected chi connectivity index (χ0v) is 14.7. The summed E-state index contributed by atoms with van der Waals surface area (Å²) in [4.78, 5) is 17.1. The fourth-order valence-electron chi connectivity index (χ4n) is 2.37. The van der Waals surface area contributed by atoms with Crippen molar-refractivity contribution in [3.05, 3.63) is 63.0 Å². The predicted molar refractivity (Wildman–Crippen MR) is 96.9 cm³/mol. The molecule has 0 atom stereocenters. The number of fused-ring (bicyclic) bond motifs is 1. The maximum absolute atomic E-state index is 11.9. The molecule has 0 bridgehead atoms. The van der Waals surface area contributed by atoms with Crippen LogP contribution in [0.4, 0.5) is 0 Å². The molecule has 6 heteroatoms. The Balaban J connectivity index is 1.50. The van der Waals surface area contributed by atoms with E-state index in [1.165, 1.54) is 22.5 Å². The molecule has 23 heavy (non-hydrogen) atoms. The third kappa shape index (κ3) is 4.14. The molecule has 120 valence electrons. The Morgan fingerprint density at radius 2 is 2.00 bits per heavy atom. The van der Waals surface area contributed by atoms with E-state index in [1.54, 1.807) is 28.4 Å². The van der Waals surface area contributed by atoms with Gasteiger partial charge >= 0.3 is 0 Å². The molecule has 0 fully saturated rings. The smallest absolute Gasteiger partial charge is 0.258 e. The average Bonchev–Trinajstić information content (AvgIpc) is 2.95. The van der Waals surface area contributed by atoms with Gasteiger partial charge in [-0.2, -0.15) is 11.8 Å². The van der Waals surface area contributed by atoms with Gasteiger partial charge in [0, 0.05) is 29.1 Å². The Morgan fingerprint density at radius 3 is 2.78 bits per heavy atom. The average molecular weight is 346 g/mol. The lowest BCUT2D eigenvalue weighted by Gasteiger charge is -2.08. The minimum Gasteiger partial charge on any atom is -0.493 e. The minimum atomic E-state index is -0.0154. The van der Waals surface area contributed by atoms with Crippen molar-refractivity contribution >= 4 is 28.1 Å². The summed E-state index contributed by atoms with van der Waals surface area (Å²) in [5, 5.41) is 1.87. The van der Waals surface area contributed by atoms with Crippen LogP contribution >= 0.6 is 23.1 Å². The van der Waals surface area contributed by atoms with E-state index >= 15 is 0 Å². The number of nitrogens with zero attached hydrogens (tertiary/aromatic N) is 2. The molecule has 1 aromatic carbocycles. The van der Waals surface area contributed by atoms with Crippen molar-refractivity contribution in [2.45, 2.75) is 19.6 Å². The Labute approximate surface area is 143 Å². The zero-order valence-electron chi connectivity index (χ0n) is 13.1. The van der Waals surface area contributed by atoms with E-state index in [4.69, 9.17) is 4.74 Å². The molecule has 0 aliphatic heterocycles. The highest BCUT2D eigenvalue weighted by molar-refractivity contribution is 7.98. The van der Waals surface area contributed by atoms with Gasteiger partial charge in [-0.3, -0.25) is 9.20 Å². The van der Waals surface area contributed by atoms with Gasteiger partial charge in [0.2, 0.25) is 0 Å². The molecule has 0 aliphatic rings.